The Morgan fingerprint density at radius 2 is 1.96 bits per heavy atom. The molecule has 3 aromatic rings. The molecule has 28 heavy (non-hydrogen) atoms. The lowest BCUT2D eigenvalue weighted by Crippen LogP contribution is -2.23. The molecular formula is C20H13ClN3O3S-. The number of hydrogen-bond acceptors (Lipinski definition) is 6. The number of carbonyl (C=O) groups is 1. The van der Waals surface area contributed by atoms with Gasteiger partial charge in [0.25, 0.3) is 0 Å². The molecule has 3 rings (SSSR count). The number of carbonyl (C=O) groups excluding carboxylic acids is 1. The van der Waals surface area contributed by atoms with E-state index in [1.54, 1.807) is 48.5 Å². The fourth-order valence-electron chi connectivity index (χ4n) is 2.19. The Balaban J connectivity index is 1.76. The number of nitrogens with zero attached hydrogens (tertiary/aromatic N) is 2. The first-order chi connectivity index (χ1) is 13.5. The highest BCUT2D eigenvalue weighted by molar-refractivity contribution is 8.04. The van der Waals surface area contributed by atoms with Crippen LogP contribution in [-0.4, -0.2) is 27.8 Å². The van der Waals surface area contributed by atoms with Crippen LogP contribution in [-0.2, 0) is 4.79 Å². The van der Waals surface area contributed by atoms with Crippen molar-refractivity contribution in [1.82, 2.24) is 15.2 Å². The maximum Gasteiger partial charge on any atom is 0.213 e. The highest BCUT2D eigenvalue weighted by Crippen LogP contribution is 2.27. The van der Waals surface area contributed by atoms with Crippen LogP contribution in [0.2, 0.25) is 5.02 Å². The first-order valence-electron chi connectivity index (χ1n) is 8.01. The van der Waals surface area contributed by atoms with Crippen LogP contribution in [0, 0.1) is 12.3 Å². The van der Waals surface area contributed by atoms with Gasteiger partial charge in [0.15, 0.2) is 5.82 Å². The van der Waals surface area contributed by atoms with E-state index in [1.807, 2.05) is 0 Å². The Kier molecular flexibility index (Phi) is 6.37. The quantitative estimate of drug-likeness (QED) is 0.366. The summed E-state index contributed by atoms with van der Waals surface area (Å²) in [5.74, 6) is 2.15. The Hall–Kier alpha value is -3.21. The van der Waals surface area contributed by atoms with Gasteiger partial charge in [-0.3, -0.25) is 5.10 Å². The Labute approximate surface area is 170 Å². The molecule has 1 aromatic heterocycles. The SMILES string of the molecule is C#CCOc1ccc(/C=C(\Sc2n[nH]c(-c3ccc(Cl)cc3)n2)C(=O)[O-])cc1. The molecule has 0 saturated heterocycles. The third-order valence-electron chi connectivity index (χ3n) is 3.49. The number of H-pyrrole nitrogens is 1. The highest BCUT2D eigenvalue weighted by Gasteiger charge is 2.10. The molecule has 0 bridgehead atoms. The second-order valence-corrected chi connectivity index (χ2v) is 6.88. The number of benzene rings is 2. The maximum absolute atomic E-state index is 11.5. The third kappa shape index (κ3) is 5.16. The van der Waals surface area contributed by atoms with Gasteiger partial charge in [-0.25, -0.2) is 4.98 Å². The van der Waals surface area contributed by atoms with Gasteiger partial charge in [-0.2, -0.15) is 0 Å². The van der Waals surface area contributed by atoms with Crippen LogP contribution in [0.4, 0.5) is 0 Å². The van der Waals surface area contributed by atoms with E-state index in [0.29, 0.717) is 22.2 Å². The van der Waals surface area contributed by atoms with Crippen LogP contribution < -0.4 is 9.84 Å². The van der Waals surface area contributed by atoms with Crippen molar-refractivity contribution >= 4 is 35.4 Å². The number of carboxylic acids is 1. The van der Waals surface area contributed by atoms with Crippen molar-refractivity contribution in [2.24, 2.45) is 0 Å². The van der Waals surface area contributed by atoms with Gasteiger partial charge in [0.05, 0.1) is 5.97 Å². The average molecular weight is 411 g/mol. The molecule has 0 aliphatic carbocycles. The van der Waals surface area contributed by atoms with Crippen LogP contribution in [0.5, 0.6) is 5.75 Å². The first kappa shape index (κ1) is 19.5. The molecule has 0 saturated carbocycles. The fraction of sp³-hybridized carbons (Fsp3) is 0.0500. The Morgan fingerprint density at radius 1 is 1.25 bits per heavy atom. The third-order valence-corrected chi connectivity index (χ3v) is 4.61. The number of aliphatic carboxylic acids is 1. The van der Waals surface area contributed by atoms with Crippen molar-refractivity contribution in [3.05, 3.63) is 64.0 Å². The van der Waals surface area contributed by atoms with E-state index in [1.165, 1.54) is 6.08 Å². The zero-order chi connectivity index (χ0) is 19.9. The molecule has 0 aliphatic rings. The van der Waals surface area contributed by atoms with E-state index in [9.17, 15) is 9.90 Å². The normalized spacial score (nSPS) is 11.1. The molecule has 6 nitrogen and oxygen atoms in total. The number of terminal acetylenes is 1. The van der Waals surface area contributed by atoms with Crippen molar-refractivity contribution in [3.63, 3.8) is 0 Å². The lowest BCUT2D eigenvalue weighted by molar-refractivity contribution is -0.297. The number of thioether (sulfide) groups is 1. The summed E-state index contributed by atoms with van der Waals surface area (Å²) in [6, 6.07) is 13.9. The molecule has 8 heteroatoms. The van der Waals surface area contributed by atoms with Crippen molar-refractivity contribution in [2.45, 2.75) is 5.16 Å². The summed E-state index contributed by atoms with van der Waals surface area (Å²) in [4.78, 5) is 15.8. The molecule has 0 fully saturated rings. The van der Waals surface area contributed by atoms with Gasteiger partial charge < -0.3 is 14.6 Å². The van der Waals surface area contributed by atoms with Crippen molar-refractivity contribution in [2.75, 3.05) is 6.61 Å². The highest BCUT2D eigenvalue weighted by atomic mass is 35.5. The molecular weight excluding hydrogens is 398 g/mol. The number of halogens is 1. The second-order valence-electron chi connectivity index (χ2n) is 5.43. The van der Waals surface area contributed by atoms with Crippen LogP contribution in [0.15, 0.2) is 58.6 Å². The van der Waals surface area contributed by atoms with E-state index in [4.69, 9.17) is 22.8 Å². The van der Waals surface area contributed by atoms with E-state index in [2.05, 4.69) is 21.1 Å². The minimum atomic E-state index is -1.32. The smallest absolute Gasteiger partial charge is 0.213 e. The number of aromatic amines is 1. The molecule has 0 aliphatic heterocycles. The van der Waals surface area contributed by atoms with E-state index >= 15 is 0 Å². The fourth-order valence-corrected chi connectivity index (χ4v) is 3.02. The van der Waals surface area contributed by atoms with Gasteiger partial charge in [-0.1, -0.05) is 29.7 Å². The molecule has 0 spiro atoms. The minimum Gasteiger partial charge on any atom is -0.544 e. The summed E-state index contributed by atoms with van der Waals surface area (Å²) in [6.45, 7) is 0.163. The molecule has 0 radical (unpaired) electrons. The van der Waals surface area contributed by atoms with Gasteiger partial charge >= 0.3 is 0 Å². The molecule has 0 amide bonds. The predicted molar refractivity (Wildman–Crippen MR) is 106 cm³/mol. The summed E-state index contributed by atoms with van der Waals surface area (Å²) in [6.07, 6.45) is 6.62. The summed E-state index contributed by atoms with van der Waals surface area (Å²) in [5, 5.41) is 19.2. The van der Waals surface area contributed by atoms with Crippen LogP contribution >= 0.6 is 23.4 Å². The standard InChI is InChI=1S/C20H14ClN3O3S/c1-2-11-27-16-9-3-13(4-10-16)12-17(19(25)26)28-20-22-18(23-24-20)14-5-7-15(21)8-6-14/h1,3-10,12H,11H2,(H,25,26)(H,22,23,24)/p-1/b17-12-. The number of rotatable bonds is 7. The topological polar surface area (TPSA) is 90.9 Å². The monoisotopic (exact) mass is 410 g/mol. The van der Waals surface area contributed by atoms with Crippen molar-refractivity contribution in [1.29, 1.82) is 0 Å². The predicted octanol–water partition coefficient (Wildman–Crippen LogP) is 3.02. The molecule has 140 valence electrons. The van der Waals surface area contributed by atoms with Crippen LogP contribution in [0.1, 0.15) is 5.56 Å². The summed E-state index contributed by atoms with van der Waals surface area (Å²) in [7, 11) is 0. The minimum absolute atomic E-state index is 0.0288. The Bertz CT molecular complexity index is 1040. The van der Waals surface area contributed by atoms with Gasteiger partial charge in [-0.05, 0) is 59.8 Å². The lowest BCUT2D eigenvalue weighted by Gasteiger charge is -2.06. The molecule has 2 aromatic carbocycles. The van der Waals surface area contributed by atoms with Gasteiger partial charge in [0.1, 0.15) is 12.4 Å². The van der Waals surface area contributed by atoms with Crippen LogP contribution in [0.25, 0.3) is 17.5 Å². The number of hydrogen-bond donors (Lipinski definition) is 1. The van der Waals surface area contributed by atoms with Gasteiger partial charge in [0.2, 0.25) is 5.16 Å². The summed E-state index contributed by atoms with van der Waals surface area (Å²) >= 11 is 6.76. The zero-order valence-corrected chi connectivity index (χ0v) is 16.0. The number of nitrogens with one attached hydrogen (secondary N) is 1. The summed E-state index contributed by atoms with van der Waals surface area (Å²) < 4.78 is 5.29. The van der Waals surface area contributed by atoms with Gasteiger partial charge in [-0.15, -0.1) is 11.5 Å². The van der Waals surface area contributed by atoms with Crippen molar-refractivity contribution in [3.8, 4) is 29.5 Å². The van der Waals surface area contributed by atoms with E-state index in [-0.39, 0.29) is 16.7 Å². The first-order valence-corrected chi connectivity index (χ1v) is 9.20. The van der Waals surface area contributed by atoms with E-state index < -0.39 is 5.97 Å². The summed E-state index contributed by atoms with van der Waals surface area (Å²) in [5.41, 5.74) is 1.44. The zero-order valence-electron chi connectivity index (χ0n) is 14.4. The molecule has 1 N–H and O–H groups in total. The average Bonchev–Trinajstić information content (AvgIpc) is 3.16. The number of ether oxygens (including phenoxy) is 1. The van der Waals surface area contributed by atoms with Crippen molar-refractivity contribution < 1.29 is 14.6 Å². The number of carboxylic acid groups (broad SMARTS) is 1. The lowest BCUT2D eigenvalue weighted by atomic mass is 10.2. The number of aromatic nitrogens is 3. The largest absolute Gasteiger partial charge is 0.544 e. The van der Waals surface area contributed by atoms with E-state index in [0.717, 1.165) is 17.3 Å². The van der Waals surface area contributed by atoms with Gasteiger partial charge in [0, 0.05) is 15.5 Å². The molecule has 0 unspecified atom stereocenters. The second kappa shape index (κ2) is 9.13. The molecule has 0 atom stereocenters. The molecule has 1 heterocycles. The Morgan fingerprint density at radius 3 is 2.61 bits per heavy atom. The maximum atomic E-state index is 11.5. The van der Waals surface area contributed by atoms with Crippen LogP contribution in [0.3, 0.4) is 0 Å².